The number of nitrogens with one attached hydrogen (secondary N) is 1. The number of hydrogen-bond donors (Lipinski definition) is 4. The maximum Gasteiger partial charge on any atom is 0.290 e. The van der Waals surface area contributed by atoms with E-state index in [4.69, 9.17) is 30.2 Å². The van der Waals surface area contributed by atoms with Gasteiger partial charge in [0.1, 0.15) is 11.3 Å². The van der Waals surface area contributed by atoms with Crippen molar-refractivity contribution in [1.29, 1.82) is 0 Å². The molecule has 308 valence electrons. The standard InChI is InChI=1S/C27H39N7O3.C10H9F5O.CH2O2/c1-3-4-5-10-29-26-25-22(30-27(28)31-26)8-11-34(25)19-21-7-6-20(17-23(21)37-2)18-32-12-14-33(15-13-32)24(36)9-16-35;1-2-16-4-3-5-6(11)8(13)10(15)9(14)7(5)12;2-1-3/h6-8,11,17,35H,3-5,9-10,12-16,18-19H2,1-2H3,(H3,28,29,30,31);2-4H2,1H3;1H,(H,2,3). The second-order valence-corrected chi connectivity index (χ2v) is 12.6. The first-order valence-corrected chi connectivity index (χ1v) is 18.2. The lowest BCUT2D eigenvalue weighted by atomic mass is 10.1. The Morgan fingerprint density at radius 3 is 2.23 bits per heavy atom. The van der Waals surface area contributed by atoms with Crippen molar-refractivity contribution in [3.63, 3.8) is 0 Å². The van der Waals surface area contributed by atoms with Gasteiger partial charge in [0.25, 0.3) is 6.47 Å². The number of aromatic nitrogens is 3. The van der Waals surface area contributed by atoms with Gasteiger partial charge in [-0.25, -0.2) is 26.9 Å². The van der Waals surface area contributed by atoms with Crippen molar-refractivity contribution < 1.29 is 51.2 Å². The number of piperazine rings is 1. The number of unbranched alkanes of at least 4 members (excludes halogenated alkanes) is 2. The highest BCUT2D eigenvalue weighted by Crippen LogP contribution is 2.28. The number of carboxylic acid groups (broad SMARTS) is 1. The fraction of sp³-hybridized carbons (Fsp3) is 0.474. The second-order valence-electron chi connectivity index (χ2n) is 12.6. The Morgan fingerprint density at radius 1 is 0.964 bits per heavy atom. The summed E-state index contributed by atoms with van der Waals surface area (Å²) in [6.07, 6.45) is 5.26. The quantitative estimate of drug-likeness (QED) is 0.0379. The fourth-order valence-electron chi connectivity index (χ4n) is 6.02. The smallest absolute Gasteiger partial charge is 0.290 e. The summed E-state index contributed by atoms with van der Waals surface area (Å²) in [4.78, 5) is 33.5. The van der Waals surface area contributed by atoms with Crippen LogP contribution in [0.5, 0.6) is 5.75 Å². The van der Waals surface area contributed by atoms with Crippen LogP contribution in [0.2, 0.25) is 0 Å². The van der Waals surface area contributed by atoms with Gasteiger partial charge in [-0.1, -0.05) is 31.9 Å². The van der Waals surface area contributed by atoms with Gasteiger partial charge >= 0.3 is 0 Å². The van der Waals surface area contributed by atoms with Crippen molar-refractivity contribution >= 4 is 35.2 Å². The molecule has 1 aliphatic heterocycles. The molecule has 3 heterocycles. The van der Waals surface area contributed by atoms with Gasteiger partial charge in [-0.2, -0.15) is 4.98 Å². The van der Waals surface area contributed by atoms with E-state index in [0.29, 0.717) is 26.2 Å². The molecule has 0 bridgehead atoms. The van der Waals surface area contributed by atoms with E-state index >= 15 is 0 Å². The van der Waals surface area contributed by atoms with Gasteiger partial charge in [-0.05, 0) is 31.0 Å². The van der Waals surface area contributed by atoms with Crippen molar-refractivity contribution in [1.82, 2.24) is 24.3 Å². The SMILES string of the molecule is CCCCCNc1nc(N)nc2ccn(Cc3ccc(CN4CCN(C(=O)CCO)CC4)cc3OC)c12.CCOCCc1c(F)c(F)c(F)c(F)c1F.O=CO. The number of aliphatic hydroxyl groups excluding tert-OH is 1. The van der Waals surface area contributed by atoms with Gasteiger partial charge in [-0.3, -0.25) is 14.5 Å². The fourth-order valence-corrected chi connectivity index (χ4v) is 6.02. The van der Waals surface area contributed by atoms with Crippen LogP contribution in [0.3, 0.4) is 0 Å². The molecule has 1 aliphatic rings. The van der Waals surface area contributed by atoms with Crippen LogP contribution in [0, 0.1) is 29.1 Å². The zero-order chi connectivity index (χ0) is 41.2. The molecule has 0 atom stereocenters. The number of hydrogen-bond acceptors (Lipinski definition) is 10. The third-order valence-electron chi connectivity index (χ3n) is 8.85. The summed E-state index contributed by atoms with van der Waals surface area (Å²) in [5.74, 6) is -7.69. The molecule has 13 nitrogen and oxygen atoms in total. The van der Waals surface area contributed by atoms with E-state index in [9.17, 15) is 26.7 Å². The Balaban J connectivity index is 0.000000369. The number of ether oxygens (including phenoxy) is 2. The molecular formula is C38H50F5N7O6. The lowest BCUT2D eigenvalue weighted by Gasteiger charge is -2.34. The van der Waals surface area contributed by atoms with Gasteiger partial charge in [0.05, 0.1) is 32.4 Å². The van der Waals surface area contributed by atoms with Crippen LogP contribution in [0.15, 0.2) is 30.5 Å². The molecule has 2 aromatic heterocycles. The van der Waals surface area contributed by atoms with Crippen LogP contribution >= 0.6 is 0 Å². The number of anilines is 2. The molecule has 5 rings (SSSR count). The van der Waals surface area contributed by atoms with Gasteiger partial charge < -0.3 is 40.2 Å². The predicted octanol–water partition coefficient (Wildman–Crippen LogP) is 5.36. The third kappa shape index (κ3) is 12.5. The molecule has 2 aromatic carbocycles. The van der Waals surface area contributed by atoms with Gasteiger partial charge in [0.2, 0.25) is 17.7 Å². The summed E-state index contributed by atoms with van der Waals surface area (Å²) in [6.45, 7) is 8.96. The molecule has 18 heteroatoms. The zero-order valence-electron chi connectivity index (χ0n) is 31.8. The summed E-state index contributed by atoms with van der Waals surface area (Å²) in [5, 5.41) is 19.3. The molecule has 1 fully saturated rings. The first kappa shape index (κ1) is 45.3. The molecular weight excluding hydrogens is 745 g/mol. The van der Waals surface area contributed by atoms with Crippen molar-refractivity contribution in [2.75, 3.05) is 70.7 Å². The second kappa shape index (κ2) is 23.1. The highest BCUT2D eigenvalue weighted by atomic mass is 19.2. The number of carbonyl (C=O) groups is 2. The van der Waals surface area contributed by atoms with Crippen LogP contribution in [-0.4, -0.2) is 107 Å². The number of aliphatic hydroxyl groups is 1. The molecule has 5 N–H and O–H groups in total. The summed E-state index contributed by atoms with van der Waals surface area (Å²) >= 11 is 0. The van der Waals surface area contributed by atoms with E-state index in [-0.39, 0.29) is 44.4 Å². The first-order valence-electron chi connectivity index (χ1n) is 18.2. The van der Waals surface area contributed by atoms with Crippen molar-refractivity contribution in [3.8, 4) is 5.75 Å². The van der Waals surface area contributed by atoms with Gasteiger partial charge in [0, 0.05) is 76.0 Å². The Kier molecular flexibility index (Phi) is 18.7. The van der Waals surface area contributed by atoms with Gasteiger partial charge in [-0.15, -0.1) is 0 Å². The maximum atomic E-state index is 13.1. The molecule has 56 heavy (non-hydrogen) atoms. The minimum atomic E-state index is -2.14. The molecule has 1 saturated heterocycles. The lowest BCUT2D eigenvalue weighted by Crippen LogP contribution is -2.48. The van der Waals surface area contributed by atoms with Crippen molar-refractivity contribution in [3.05, 3.63) is 76.2 Å². The number of fused-ring (bicyclic) bond motifs is 1. The molecule has 0 aliphatic carbocycles. The minimum Gasteiger partial charge on any atom is -0.496 e. The van der Waals surface area contributed by atoms with Crippen LogP contribution in [0.1, 0.15) is 56.2 Å². The van der Waals surface area contributed by atoms with Crippen LogP contribution in [0.4, 0.5) is 33.7 Å². The van der Waals surface area contributed by atoms with E-state index < -0.39 is 34.6 Å². The topological polar surface area (TPSA) is 168 Å². The average Bonchev–Trinajstić information content (AvgIpc) is 3.59. The summed E-state index contributed by atoms with van der Waals surface area (Å²) in [7, 11) is 1.70. The molecule has 0 unspecified atom stereocenters. The normalized spacial score (nSPS) is 12.8. The number of methoxy groups -OCH3 is 1. The van der Waals surface area contributed by atoms with E-state index in [1.807, 2.05) is 17.2 Å². The predicted molar refractivity (Wildman–Crippen MR) is 201 cm³/mol. The molecule has 4 aromatic rings. The number of amides is 1. The monoisotopic (exact) mass is 795 g/mol. The van der Waals surface area contributed by atoms with E-state index in [1.54, 1.807) is 14.0 Å². The van der Waals surface area contributed by atoms with E-state index in [1.165, 1.54) is 12.0 Å². The summed E-state index contributed by atoms with van der Waals surface area (Å²) < 4.78 is 76.9. The zero-order valence-corrected chi connectivity index (χ0v) is 31.8. The third-order valence-corrected chi connectivity index (χ3v) is 8.85. The van der Waals surface area contributed by atoms with E-state index in [2.05, 4.69) is 49.9 Å². The Labute approximate surface area is 322 Å². The van der Waals surface area contributed by atoms with Crippen molar-refractivity contribution in [2.45, 2.75) is 59.0 Å². The number of nitrogens with zero attached hydrogens (tertiary/aromatic N) is 5. The number of benzene rings is 2. The average molecular weight is 796 g/mol. The first-order chi connectivity index (χ1) is 26.9. The van der Waals surface area contributed by atoms with Gasteiger partial charge in [0.15, 0.2) is 29.1 Å². The number of halogens is 5. The van der Waals surface area contributed by atoms with Crippen LogP contribution < -0.4 is 15.8 Å². The summed E-state index contributed by atoms with van der Waals surface area (Å²) in [6, 6.07) is 8.33. The maximum absolute atomic E-state index is 13.1. The number of nitrogen functional groups attached to an aromatic ring is 1. The number of nitrogens with two attached hydrogens (primary N) is 1. The number of rotatable bonds is 16. The lowest BCUT2D eigenvalue weighted by molar-refractivity contribution is -0.133. The summed E-state index contributed by atoms with van der Waals surface area (Å²) in [5.41, 5.74) is 9.11. The van der Waals surface area contributed by atoms with Crippen molar-refractivity contribution in [2.24, 2.45) is 0 Å². The number of carbonyl (C=O) groups excluding carboxylic acids is 1. The Bertz CT molecular complexity index is 1850. The largest absolute Gasteiger partial charge is 0.496 e. The molecule has 0 spiro atoms. The molecule has 1 amide bonds. The Hall–Kier alpha value is -5.07. The molecule has 0 radical (unpaired) electrons. The van der Waals surface area contributed by atoms with Crippen LogP contribution in [0.25, 0.3) is 11.0 Å². The highest BCUT2D eigenvalue weighted by molar-refractivity contribution is 5.87. The van der Waals surface area contributed by atoms with Crippen LogP contribution in [-0.2, 0) is 33.8 Å². The molecule has 0 saturated carbocycles. The minimum absolute atomic E-state index is 0.0260. The van der Waals surface area contributed by atoms with E-state index in [0.717, 1.165) is 67.2 Å². The highest BCUT2D eigenvalue weighted by Gasteiger charge is 2.25. The Morgan fingerprint density at radius 2 is 1.62 bits per heavy atom.